The molecule has 0 rings (SSSR count). The van der Waals surface area contributed by atoms with E-state index >= 15 is 0 Å². The molecule has 0 aromatic heterocycles. The van der Waals surface area contributed by atoms with E-state index < -0.39 is 51.8 Å². The van der Waals surface area contributed by atoms with Gasteiger partial charge in [-0.25, -0.2) is 4.57 Å². The van der Waals surface area contributed by atoms with Gasteiger partial charge in [0.15, 0.2) is 6.10 Å². The Balaban J connectivity index is 4.21. The summed E-state index contributed by atoms with van der Waals surface area (Å²) in [6.45, 7) is 2.40. The molecule has 1 unspecified atom stereocenters. The van der Waals surface area contributed by atoms with E-state index in [1.807, 2.05) is 0 Å². The first kappa shape index (κ1) is 55.7. The van der Waals surface area contributed by atoms with Gasteiger partial charge in [0, 0.05) is 12.8 Å². The van der Waals surface area contributed by atoms with Gasteiger partial charge in [0.05, 0.1) is 19.8 Å². The van der Waals surface area contributed by atoms with Crippen molar-refractivity contribution in [3.8, 4) is 0 Å². The van der Waals surface area contributed by atoms with Crippen LogP contribution in [0.1, 0.15) is 232 Å². The van der Waals surface area contributed by atoms with Crippen LogP contribution in [0, 0.1) is 0 Å². The monoisotopic (exact) mass is 833 g/mol. The minimum Gasteiger partial charge on any atom is -0.462 e. The Morgan fingerprint density at radius 2 is 0.860 bits per heavy atom. The first-order chi connectivity index (χ1) is 27.7. The van der Waals surface area contributed by atoms with Gasteiger partial charge in [-0.3, -0.25) is 18.6 Å². The maximum atomic E-state index is 12.6. The third-order valence-electron chi connectivity index (χ3n) is 10.4. The largest absolute Gasteiger partial charge is 0.472 e. The zero-order valence-electron chi connectivity index (χ0n) is 36.8. The van der Waals surface area contributed by atoms with Crippen molar-refractivity contribution in [1.82, 2.24) is 0 Å². The van der Waals surface area contributed by atoms with Crippen LogP contribution in [0.2, 0.25) is 0 Å². The summed E-state index contributed by atoms with van der Waals surface area (Å²) in [7, 11) is -4.62. The molecule has 57 heavy (non-hydrogen) atoms. The molecule has 0 aliphatic carbocycles. The summed E-state index contributed by atoms with van der Waals surface area (Å²) in [5, 5.41) is 18.3. The van der Waals surface area contributed by atoms with Gasteiger partial charge in [0.2, 0.25) is 0 Å². The van der Waals surface area contributed by atoms with Crippen LogP contribution in [0.5, 0.6) is 0 Å². The summed E-state index contributed by atoms with van der Waals surface area (Å²) in [6, 6.07) is 0. The van der Waals surface area contributed by atoms with Crippen LogP contribution in [-0.2, 0) is 32.7 Å². The zero-order valence-corrected chi connectivity index (χ0v) is 37.7. The van der Waals surface area contributed by atoms with E-state index in [1.165, 1.54) is 154 Å². The lowest BCUT2D eigenvalue weighted by molar-refractivity contribution is -0.161. The summed E-state index contributed by atoms with van der Waals surface area (Å²) < 4.78 is 32.8. The molecule has 0 radical (unpaired) electrons. The van der Waals surface area contributed by atoms with E-state index in [9.17, 15) is 24.2 Å². The number of esters is 2. The van der Waals surface area contributed by atoms with Gasteiger partial charge >= 0.3 is 19.8 Å². The lowest BCUT2D eigenvalue weighted by Crippen LogP contribution is -2.29. The molecule has 0 saturated carbocycles. The first-order valence-electron chi connectivity index (χ1n) is 23.6. The van der Waals surface area contributed by atoms with Crippen LogP contribution in [0.15, 0.2) is 12.2 Å². The Bertz CT molecular complexity index is 961. The first-order valence-corrected chi connectivity index (χ1v) is 25.1. The second-order valence-electron chi connectivity index (χ2n) is 16.1. The van der Waals surface area contributed by atoms with E-state index in [2.05, 4.69) is 26.0 Å². The molecule has 0 amide bonds. The highest BCUT2D eigenvalue weighted by molar-refractivity contribution is 7.47. The van der Waals surface area contributed by atoms with Crippen molar-refractivity contribution < 1.29 is 47.8 Å². The van der Waals surface area contributed by atoms with E-state index in [0.717, 1.165) is 38.5 Å². The molecule has 0 aliphatic heterocycles. The second kappa shape index (κ2) is 42.8. The predicted molar refractivity (Wildman–Crippen MR) is 233 cm³/mol. The summed E-state index contributed by atoms with van der Waals surface area (Å²) in [5.41, 5.74) is 0. The van der Waals surface area contributed by atoms with E-state index in [1.54, 1.807) is 0 Å². The highest BCUT2D eigenvalue weighted by Gasteiger charge is 2.27. The van der Waals surface area contributed by atoms with Crippen molar-refractivity contribution in [2.45, 2.75) is 244 Å². The molecule has 3 atom stereocenters. The van der Waals surface area contributed by atoms with Crippen LogP contribution in [0.4, 0.5) is 0 Å². The van der Waals surface area contributed by atoms with Gasteiger partial charge < -0.3 is 24.6 Å². The van der Waals surface area contributed by atoms with Gasteiger partial charge in [-0.1, -0.05) is 193 Å². The number of aliphatic hydroxyl groups is 2. The highest BCUT2D eigenvalue weighted by atomic mass is 31.2. The van der Waals surface area contributed by atoms with E-state index in [4.69, 9.17) is 23.6 Å². The fourth-order valence-corrected chi connectivity index (χ4v) is 7.54. The molecule has 3 N–H and O–H groups in total. The number of phosphoric acid groups is 1. The number of hydrogen-bond donors (Lipinski definition) is 3. The maximum absolute atomic E-state index is 12.6. The molecule has 11 heteroatoms. The maximum Gasteiger partial charge on any atom is 0.472 e. The zero-order chi connectivity index (χ0) is 41.9. The van der Waals surface area contributed by atoms with E-state index in [0.29, 0.717) is 12.8 Å². The molecule has 0 aromatic carbocycles. The second-order valence-corrected chi connectivity index (χ2v) is 17.6. The van der Waals surface area contributed by atoms with Crippen molar-refractivity contribution in [1.29, 1.82) is 0 Å². The number of ether oxygens (including phenoxy) is 2. The molecule has 0 spiro atoms. The Morgan fingerprint density at radius 3 is 1.30 bits per heavy atom. The number of allylic oxidation sites excluding steroid dienone is 2. The lowest BCUT2D eigenvalue weighted by atomic mass is 10.0. The Labute approximate surface area is 349 Å². The van der Waals surface area contributed by atoms with Crippen molar-refractivity contribution in [2.75, 3.05) is 26.4 Å². The molecular weight excluding hydrogens is 743 g/mol. The number of aliphatic hydroxyl groups excluding tert-OH is 2. The van der Waals surface area contributed by atoms with Gasteiger partial charge in [0.25, 0.3) is 0 Å². The molecule has 338 valence electrons. The van der Waals surface area contributed by atoms with Gasteiger partial charge in [-0.15, -0.1) is 0 Å². The third kappa shape index (κ3) is 42.6. The smallest absolute Gasteiger partial charge is 0.462 e. The van der Waals surface area contributed by atoms with Gasteiger partial charge in [-0.2, -0.15) is 0 Å². The lowest BCUT2D eigenvalue weighted by Gasteiger charge is -2.20. The summed E-state index contributed by atoms with van der Waals surface area (Å²) in [5.74, 6) is -0.937. The fraction of sp³-hybridized carbons (Fsp3) is 0.913. The number of carbonyl (C=O) groups is 2. The number of carbonyl (C=O) groups excluding carboxylic acids is 2. The van der Waals surface area contributed by atoms with Crippen LogP contribution >= 0.6 is 7.82 Å². The summed E-state index contributed by atoms with van der Waals surface area (Å²) >= 11 is 0. The Morgan fingerprint density at radius 1 is 0.509 bits per heavy atom. The Kier molecular flexibility index (Phi) is 41.9. The topological polar surface area (TPSA) is 149 Å². The standard InChI is InChI=1S/C46H89O10P/c1-3-5-7-9-11-13-15-17-19-20-21-22-24-25-27-29-31-33-35-37-45(49)53-41-44(42-55-57(51,52)54-40-43(48)39-47)56-46(50)38-36-34-32-30-28-26-23-18-16-14-12-10-8-6-4-2/h28,30,43-44,47-48H,3-27,29,31-42H2,1-2H3,(H,51,52)/b30-28+/t43-,44+/m0/s1. The van der Waals surface area contributed by atoms with E-state index in [-0.39, 0.29) is 19.4 Å². The normalized spacial score (nSPS) is 13.8. The molecule has 0 saturated heterocycles. The predicted octanol–water partition coefficient (Wildman–Crippen LogP) is 12.8. The molecule has 0 fully saturated rings. The third-order valence-corrected chi connectivity index (χ3v) is 11.4. The number of hydrogen-bond acceptors (Lipinski definition) is 9. The SMILES string of the molecule is CCCCCCCCCCC/C=C/CCCCC(=O)O[C@H](COC(=O)CCCCCCCCCCCCCCCCCCCCC)COP(=O)(O)OC[C@@H](O)CO. The quantitative estimate of drug-likeness (QED) is 0.0234. The number of phosphoric ester groups is 1. The van der Waals surface area contributed by atoms with Crippen LogP contribution < -0.4 is 0 Å². The number of rotatable bonds is 45. The average Bonchev–Trinajstić information content (AvgIpc) is 3.20. The molecule has 0 aliphatic rings. The average molecular weight is 833 g/mol. The molecule has 0 heterocycles. The van der Waals surface area contributed by atoms with Crippen molar-refractivity contribution >= 4 is 19.8 Å². The minimum absolute atomic E-state index is 0.159. The van der Waals surface area contributed by atoms with Crippen LogP contribution in [-0.4, -0.2) is 65.7 Å². The van der Waals surface area contributed by atoms with Crippen LogP contribution in [0.25, 0.3) is 0 Å². The minimum atomic E-state index is -4.62. The van der Waals surface area contributed by atoms with Gasteiger partial charge in [-0.05, 0) is 38.5 Å². The van der Waals surface area contributed by atoms with Crippen LogP contribution in [0.3, 0.4) is 0 Å². The molecule has 0 aromatic rings. The van der Waals surface area contributed by atoms with Crippen molar-refractivity contribution in [3.63, 3.8) is 0 Å². The summed E-state index contributed by atoms with van der Waals surface area (Å²) in [6.07, 6.45) is 41.8. The molecular formula is C46H89O10P. The Hall–Kier alpha value is -1.29. The summed E-state index contributed by atoms with van der Waals surface area (Å²) in [4.78, 5) is 35.0. The van der Waals surface area contributed by atoms with Crippen molar-refractivity contribution in [3.05, 3.63) is 12.2 Å². The fourth-order valence-electron chi connectivity index (χ4n) is 6.75. The van der Waals surface area contributed by atoms with Crippen molar-refractivity contribution in [2.24, 2.45) is 0 Å². The molecule has 10 nitrogen and oxygen atoms in total. The number of unbranched alkanes of at least 4 members (excludes halogenated alkanes) is 29. The van der Waals surface area contributed by atoms with Gasteiger partial charge in [0.1, 0.15) is 12.7 Å². The highest BCUT2D eigenvalue weighted by Crippen LogP contribution is 2.43. The molecule has 0 bridgehead atoms.